The molecule has 0 bridgehead atoms. The highest BCUT2D eigenvalue weighted by atomic mass is 32.1. The van der Waals surface area contributed by atoms with Crippen LogP contribution in [0.4, 0.5) is 5.13 Å². The number of hydrogen-bond donors (Lipinski definition) is 3. The average molecular weight is 464 g/mol. The number of aryl methyl sites for hydroxylation is 1. The van der Waals surface area contributed by atoms with Gasteiger partial charge in [-0.15, -0.1) is 0 Å². The van der Waals surface area contributed by atoms with E-state index in [1.54, 1.807) is 0 Å². The number of aromatic nitrogens is 1. The molecule has 0 saturated carbocycles. The minimum absolute atomic E-state index is 0.0194. The topological polar surface area (TPSA) is 106 Å². The SMILES string of the molecule is CC.CC/C=C(\C=C(/C)NC(=O)Cc1ccc2ccccc2c1)c1sc(N=C(N)N)nc1C. The van der Waals surface area contributed by atoms with E-state index in [0.717, 1.165) is 44.6 Å². The summed E-state index contributed by atoms with van der Waals surface area (Å²) in [6.45, 7) is 9.87. The molecular formula is C26H33N5OS. The Balaban J connectivity index is 0.00000187. The number of nitrogens with two attached hydrogens (primary N) is 2. The van der Waals surface area contributed by atoms with Crippen LogP contribution in [0.3, 0.4) is 0 Å². The maximum absolute atomic E-state index is 12.6. The highest BCUT2D eigenvalue weighted by molar-refractivity contribution is 7.16. The van der Waals surface area contributed by atoms with Crippen molar-refractivity contribution >= 4 is 44.7 Å². The van der Waals surface area contributed by atoms with Crippen molar-refractivity contribution in [3.63, 3.8) is 0 Å². The van der Waals surface area contributed by atoms with Crippen molar-refractivity contribution in [3.05, 3.63) is 76.4 Å². The first kappa shape index (κ1) is 25.8. The summed E-state index contributed by atoms with van der Waals surface area (Å²) in [7, 11) is 0. The van der Waals surface area contributed by atoms with Crippen molar-refractivity contribution in [2.75, 3.05) is 0 Å². The molecule has 0 aliphatic rings. The van der Waals surface area contributed by atoms with Crippen molar-refractivity contribution in [2.24, 2.45) is 16.5 Å². The van der Waals surface area contributed by atoms with Crippen molar-refractivity contribution in [3.8, 4) is 0 Å². The highest BCUT2D eigenvalue weighted by Crippen LogP contribution is 2.32. The van der Waals surface area contributed by atoms with E-state index in [1.807, 2.05) is 58.0 Å². The van der Waals surface area contributed by atoms with Crippen LogP contribution in [0, 0.1) is 6.92 Å². The summed E-state index contributed by atoms with van der Waals surface area (Å²) < 4.78 is 0. The minimum Gasteiger partial charge on any atom is -0.370 e. The predicted molar refractivity (Wildman–Crippen MR) is 141 cm³/mol. The number of nitrogens with zero attached hydrogens (tertiary/aromatic N) is 2. The number of rotatable bonds is 7. The van der Waals surface area contributed by atoms with Gasteiger partial charge >= 0.3 is 0 Å². The fourth-order valence-corrected chi connectivity index (χ4v) is 4.28. The van der Waals surface area contributed by atoms with Crippen LogP contribution in [0.2, 0.25) is 0 Å². The van der Waals surface area contributed by atoms with Crippen LogP contribution in [0.5, 0.6) is 0 Å². The average Bonchev–Trinajstić information content (AvgIpc) is 3.13. The van der Waals surface area contributed by atoms with Crippen LogP contribution in [0.25, 0.3) is 16.3 Å². The van der Waals surface area contributed by atoms with Gasteiger partial charge in [-0.2, -0.15) is 4.99 Å². The number of allylic oxidation sites excluding steroid dienone is 4. The lowest BCUT2D eigenvalue weighted by Gasteiger charge is -2.08. The molecule has 33 heavy (non-hydrogen) atoms. The molecule has 0 spiro atoms. The third-order valence-corrected chi connectivity index (χ3v) is 5.68. The second-order valence-corrected chi connectivity index (χ2v) is 8.23. The van der Waals surface area contributed by atoms with Gasteiger partial charge in [-0.05, 0) is 48.3 Å². The molecule has 0 fully saturated rings. The molecule has 3 rings (SSSR count). The highest BCUT2D eigenvalue weighted by Gasteiger charge is 2.12. The molecule has 174 valence electrons. The van der Waals surface area contributed by atoms with Gasteiger partial charge in [0.15, 0.2) is 5.96 Å². The number of amides is 1. The van der Waals surface area contributed by atoms with Gasteiger partial charge in [-0.3, -0.25) is 4.79 Å². The van der Waals surface area contributed by atoms with Gasteiger partial charge < -0.3 is 16.8 Å². The van der Waals surface area contributed by atoms with E-state index < -0.39 is 0 Å². The zero-order chi connectivity index (χ0) is 24.4. The first-order chi connectivity index (χ1) is 15.9. The first-order valence-corrected chi connectivity index (χ1v) is 11.9. The standard InChI is InChI=1S/C24H27N5OS.C2H6/c1-4-7-20(22-16(3)28-24(31-22)29-23(25)26)12-15(2)27-21(30)14-17-10-11-18-8-5-6-9-19(18)13-17;1-2/h5-13H,4,14H2,1-3H3,(H,27,30)(H4,25,26,28,29);1-2H3/b15-12+,20-7+;. The molecule has 0 aliphatic heterocycles. The summed E-state index contributed by atoms with van der Waals surface area (Å²) in [4.78, 5) is 22.0. The van der Waals surface area contributed by atoms with Crippen LogP contribution < -0.4 is 16.8 Å². The Labute approximate surface area is 200 Å². The van der Waals surface area contributed by atoms with Crippen molar-refractivity contribution in [2.45, 2.75) is 47.5 Å². The van der Waals surface area contributed by atoms with E-state index in [9.17, 15) is 4.79 Å². The van der Waals surface area contributed by atoms with Gasteiger partial charge in [0.05, 0.1) is 17.0 Å². The molecule has 1 heterocycles. The lowest BCUT2D eigenvalue weighted by Crippen LogP contribution is -2.23. The van der Waals surface area contributed by atoms with E-state index in [2.05, 4.69) is 46.5 Å². The van der Waals surface area contributed by atoms with Gasteiger partial charge in [0, 0.05) is 5.70 Å². The first-order valence-electron chi connectivity index (χ1n) is 11.1. The Morgan fingerprint density at radius 2 is 1.85 bits per heavy atom. The summed E-state index contributed by atoms with van der Waals surface area (Å²) >= 11 is 1.42. The van der Waals surface area contributed by atoms with Crippen LogP contribution in [-0.2, 0) is 11.2 Å². The fourth-order valence-electron chi connectivity index (χ4n) is 3.31. The Morgan fingerprint density at radius 3 is 2.52 bits per heavy atom. The lowest BCUT2D eigenvalue weighted by atomic mass is 10.0. The normalized spacial score (nSPS) is 11.5. The number of fused-ring (bicyclic) bond motifs is 1. The number of thiazole rings is 1. The Morgan fingerprint density at radius 1 is 1.15 bits per heavy atom. The summed E-state index contributed by atoms with van der Waals surface area (Å²) in [5, 5.41) is 5.80. The fraction of sp³-hybridized carbons (Fsp3) is 0.269. The molecule has 7 heteroatoms. The lowest BCUT2D eigenvalue weighted by molar-refractivity contribution is -0.119. The van der Waals surface area contributed by atoms with Crippen molar-refractivity contribution in [1.29, 1.82) is 0 Å². The smallest absolute Gasteiger partial charge is 0.228 e. The maximum atomic E-state index is 12.6. The molecule has 0 aliphatic carbocycles. The minimum atomic E-state index is -0.0536. The summed E-state index contributed by atoms with van der Waals surface area (Å²) in [6, 6.07) is 14.2. The van der Waals surface area contributed by atoms with E-state index in [1.165, 1.54) is 11.3 Å². The van der Waals surface area contributed by atoms with Crippen molar-refractivity contribution < 1.29 is 4.79 Å². The number of guanidine groups is 1. The van der Waals surface area contributed by atoms with Gasteiger partial charge in [0.2, 0.25) is 11.0 Å². The largest absolute Gasteiger partial charge is 0.370 e. The Bertz CT molecular complexity index is 1190. The molecule has 0 saturated heterocycles. The molecule has 1 amide bonds. The van der Waals surface area contributed by atoms with Gasteiger partial charge in [-0.25, -0.2) is 4.98 Å². The van der Waals surface area contributed by atoms with Crippen LogP contribution in [0.15, 0.2) is 65.3 Å². The number of aliphatic imine (C=N–C) groups is 1. The molecule has 0 atom stereocenters. The zero-order valence-electron chi connectivity index (χ0n) is 20.0. The summed E-state index contributed by atoms with van der Waals surface area (Å²) in [5.41, 5.74) is 14.5. The molecule has 6 nitrogen and oxygen atoms in total. The third-order valence-electron chi connectivity index (χ3n) is 4.58. The second kappa shape index (κ2) is 12.6. The van der Waals surface area contributed by atoms with E-state index in [0.29, 0.717) is 11.6 Å². The summed E-state index contributed by atoms with van der Waals surface area (Å²) in [5.74, 6) is -0.0731. The van der Waals surface area contributed by atoms with E-state index in [4.69, 9.17) is 11.5 Å². The number of nitrogens with one attached hydrogen (secondary N) is 1. The quantitative estimate of drug-likeness (QED) is 0.241. The van der Waals surface area contributed by atoms with Crippen LogP contribution in [0.1, 0.15) is 50.3 Å². The molecule has 0 radical (unpaired) electrons. The Hall–Kier alpha value is -3.45. The molecule has 2 aromatic carbocycles. The van der Waals surface area contributed by atoms with Crippen LogP contribution in [-0.4, -0.2) is 16.9 Å². The number of hydrogen-bond acceptors (Lipinski definition) is 4. The summed E-state index contributed by atoms with van der Waals surface area (Å²) in [6.07, 6.45) is 5.22. The third kappa shape index (κ3) is 7.57. The predicted octanol–water partition coefficient (Wildman–Crippen LogP) is 5.59. The zero-order valence-corrected chi connectivity index (χ0v) is 20.8. The maximum Gasteiger partial charge on any atom is 0.228 e. The number of carbonyl (C=O) groups is 1. The monoisotopic (exact) mass is 463 g/mol. The Kier molecular flexibility index (Phi) is 9.82. The molecule has 0 unspecified atom stereocenters. The van der Waals surface area contributed by atoms with E-state index >= 15 is 0 Å². The van der Waals surface area contributed by atoms with Gasteiger partial charge in [0.25, 0.3) is 0 Å². The van der Waals surface area contributed by atoms with Crippen LogP contribution >= 0.6 is 11.3 Å². The van der Waals surface area contributed by atoms with Gasteiger partial charge in [-0.1, -0.05) is 80.6 Å². The molecule has 5 N–H and O–H groups in total. The van der Waals surface area contributed by atoms with Crippen molar-refractivity contribution in [1.82, 2.24) is 10.3 Å². The molecule has 1 aromatic heterocycles. The molecule has 3 aromatic rings. The van der Waals surface area contributed by atoms with Gasteiger partial charge in [0.1, 0.15) is 0 Å². The second-order valence-electron chi connectivity index (χ2n) is 7.25. The van der Waals surface area contributed by atoms with E-state index in [-0.39, 0.29) is 11.9 Å². The molecular weight excluding hydrogens is 430 g/mol. The number of benzene rings is 2. The number of carbonyl (C=O) groups excluding carboxylic acids is 1.